The second-order valence-corrected chi connectivity index (χ2v) is 8.41. The van der Waals surface area contributed by atoms with Crippen LogP contribution in [0.3, 0.4) is 0 Å². The van der Waals surface area contributed by atoms with Gasteiger partial charge in [0.1, 0.15) is 0 Å². The maximum Gasteiger partial charge on any atom is 0.272 e. The predicted molar refractivity (Wildman–Crippen MR) is 129 cm³/mol. The van der Waals surface area contributed by atoms with Gasteiger partial charge in [0.15, 0.2) is 5.17 Å². The van der Waals surface area contributed by atoms with Crippen molar-refractivity contribution in [1.29, 1.82) is 0 Å². The van der Waals surface area contributed by atoms with E-state index in [0.29, 0.717) is 21.2 Å². The molecule has 0 N–H and O–H groups in total. The third-order valence-electron chi connectivity index (χ3n) is 5.21. The molecule has 32 heavy (non-hydrogen) atoms. The summed E-state index contributed by atoms with van der Waals surface area (Å²) in [6, 6.07) is 24.0. The minimum absolute atomic E-state index is 0.0301. The van der Waals surface area contributed by atoms with Crippen molar-refractivity contribution in [2.75, 3.05) is 0 Å². The Labute approximate surface area is 190 Å². The second-order valence-electron chi connectivity index (χ2n) is 7.41. The Balaban J connectivity index is 1.75. The number of amides is 1. The van der Waals surface area contributed by atoms with Gasteiger partial charge in [-0.3, -0.25) is 19.8 Å². The molecule has 1 saturated heterocycles. The lowest BCUT2D eigenvalue weighted by atomic mass is 10.1. The van der Waals surface area contributed by atoms with Gasteiger partial charge in [-0.2, -0.15) is 0 Å². The van der Waals surface area contributed by atoms with Gasteiger partial charge in [0.05, 0.1) is 21.6 Å². The first-order valence-electron chi connectivity index (χ1n) is 10.1. The average Bonchev–Trinajstić information content (AvgIpc) is 3.10. The quantitative estimate of drug-likeness (QED) is 0.265. The summed E-state index contributed by atoms with van der Waals surface area (Å²) in [5.41, 5.74) is 2.96. The molecule has 7 heteroatoms. The average molecular weight is 444 g/mol. The van der Waals surface area contributed by atoms with E-state index in [9.17, 15) is 14.9 Å². The van der Waals surface area contributed by atoms with Gasteiger partial charge in [0.2, 0.25) is 0 Å². The van der Waals surface area contributed by atoms with Crippen molar-refractivity contribution in [2.45, 2.75) is 19.9 Å². The van der Waals surface area contributed by atoms with E-state index < -0.39 is 4.92 Å². The highest BCUT2D eigenvalue weighted by atomic mass is 32.2. The third kappa shape index (κ3) is 4.48. The van der Waals surface area contributed by atoms with Crippen LogP contribution in [-0.2, 0) is 4.79 Å². The van der Waals surface area contributed by atoms with Gasteiger partial charge in [-0.15, -0.1) is 0 Å². The maximum absolute atomic E-state index is 13.4. The first-order valence-corrected chi connectivity index (χ1v) is 10.9. The standard InChI is InChI=1S/C25H21N3O3S/c1-17-13-14-19(15-22(17)28(30)31)16-23-24(29)27(18(2)20-9-5-3-6-10-20)25(32-23)26-21-11-7-4-8-12-21/h3-16,18H,1-2H3/b23-16+,26-25?/t18-/m1/s1. The van der Waals surface area contributed by atoms with Gasteiger partial charge in [-0.1, -0.05) is 60.7 Å². The Kier molecular flexibility index (Phi) is 6.18. The SMILES string of the molecule is Cc1ccc(/C=C2/SC(=Nc3ccccc3)N([C@H](C)c3ccccc3)C2=O)cc1[N+](=O)[O-]. The Hall–Kier alpha value is -3.71. The second kappa shape index (κ2) is 9.20. The lowest BCUT2D eigenvalue weighted by Crippen LogP contribution is -2.32. The molecular formula is C25H21N3O3S. The number of nitro benzene ring substituents is 1. The predicted octanol–water partition coefficient (Wildman–Crippen LogP) is 6.27. The molecule has 1 fully saturated rings. The zero-order valence-electron chi connectivity index (χ0n) is 17.6. The van der Waals surface area contributed by atoms with E-state index in [1.54, 1.807) is 30.0 Å². The number of rotatable bonds is 5. The molecular weight excluding hydrogens is 422 g/mol. The summed E-state index contributed by atoms with van der Waals surface area (Å²) in [4.78, 5) is 31.2. The lowest BCUT2D eigenvalue weighted by molar-refractivity contribution is -0.385. The molecule has 1 aliphatic heterocycles. The zero-order chi connectivity index (χ0) is 22.7. The number of hydrogen-bond donors (Lipinski definition) is 0. The highest BCUT2D eigenvalue weighted by molar-refractivity contribution is 8.18. The van der Waals surface area contributed by atoms with E-state index in [1.807, 2.05) is 67.6 Å². The van der Waals surface area contributed by atoms with Gasteiger partial charge in [-0.25, -0.2) is 4.99 Å². The smallest absolute Gasteiger partial charge is 0.272 e. The molecule has 0 radical (unpaired) electrons. The fraction of sp³-hybridized carbons (Fsp3) is 0.120. The molecule has 1 heterocycles. The lowest BCUT2D eigenvalue weighted by Gasteiger charge is -2.24. The monoisotopic (exact) mass is 443 g/mol. The van der Waals surface area contributed by atoms with Gasteiger partial charge >= 0.3 is 0 Å². The summed E-state index contributed by atoms with van der Waals surface area (Å²) < 4.78 is 0. The summed E-state index contributed by atoms with van der Waals surface area (Å²) in [5, 5.41) is 11.9. The van der Waals surface area contributed by atoms with E-state index in [-0.39, 0.29) is 17.6 Å². The Morgan fingerprint density at radius 3 is 2.34 bits per heavy atom. The van der Waals surface area contributed by atoms with Crippen LogP contribution in [-0.4, -0.2) is 20.9 Å². The molecule has 1 amide bonds. The van der Waals surface area contributed by atoms with Crippen molar-refractivity contribution in [3.05, 3.63) is 111 Å². The Morgan fingerprint density at radius 1 is 1.03 bits per heavy atom. The van der Waals surface area contributed by atoms with Gasteiger partial charge in [0.25, 0.3) is 11.6 Å². The number of para-hydroxylation sites is 1. The molecule has 160 valence electrons. The molecule has 3 aromatic carbocycles. The number of amidine groups is 1. The van der Waals surface area contributed by atoms with Crippen LogP contribution in [0.5, 0.6) is 0 Å². The number of aliphatic imine (C=N–C) groups is 1. The summed E-state index contributed by atoms with van der Waals surface area (Å²) in [6.07, 6.45) is 1.69. The van der Waals surface area contributed by atoms with Gasteiger partial charge in [0, 0.05) is 11.6 Å². The molecule has 0 aliphatic carbocycles. The van der Waals surface area contributed by atoms with E-state index >= 15 is 0 Å². The number of carbonyl (C=O) groups is 1. The van der Waals surface area contributed by atoms with E-state index in [2.05, 4.69) is 0 Å². The molecule has 1 atom stereocenters. The van der Waals surface area contributed by atoms with E-state index in [0.717, 1.165) is 11.3 Å². The first-order chi connectivity index (χ1) is 15.4. The number of thioether (sulfide) groups is 1. The summed E-state index contributed by atoms with van der Waals surface area (Å²) in [6.45, 7) is 3.66. The number of carbonyl (C=O) groups excluding carboxylic acids is 1. The maximum atomic E-state index is 13.4. The number of aryl methyl sites for hydroxylation is 1. The molecule has 0 saturated carbocycles. The minimum Gasteiger partial charge on any atom is -0.279 e. The van der Waals surface area contributed by atoms with Crippen molar-refractivity contribution >= 4 is 40.3 Å². The summed E-state index contributed by atoms with van der Waals surface area (Å²) in [5.74, 6) is -0.177. The van der Waals surface area contributed by atoms with E-state index in [1.165, 1.54) is 17.8 Å². The van der Waals surface area contributed by atoms with Crippen LogP contribution in [0.4, 0.5) is 11.4 Å². The van der Waals surface area contributed by atoms with Gasteiger partial charge in [-0.05, 0) is 54.9 Å². The molecule has 3 aromatic rings. The zero-order valence-corrected chi connectivity index (χ0v) is 18.5. The molecule has 0 unspecified atom stereocenters. The van der Waals surface area contributed by atoms with Crippen molar-refractivity contribution in [3.63, 3.8) is 0 Å². The van der Waals surface area contributed by atoms with E-state index in [4.69, 9.17) is 4.99 Å². The highest BCUT2D eigenvalue weighted by Crippen LogP contribution is 2.39. The summed E-state index contributed by atoms with van der Waals surface area (Å²) >= 11 is 1.28. The van der Waals surface area contributed by atoms with Crippen molar-refractivity contribution in [1.82, 2.24) is 4.90 Å². The van der Waals surface area contributed by atoms with Crippen molar-refractivity contribution in [3.8, 4) is 0 Å². The molecule has 6 nitrogen and oxygen atoms in total. The van der Waals surface area contributed by atoms with Crippen molar-refractivity contribution < 1.29 is 9.72 Å². The number of nitro groups is 1. The fourth-order valence-electron chi connectivity index (χ4n) is 3.46. The number of nitrogens with zero attached hydrogens (tertiary/aromatic N) is 3. The van der Waals surface area contributed by atoms with Crippen LogP contribution in [0.2, 0.25) is 0 Å². The molecule has 0 aromatic heterocycles. The van der Waals surface area contributed by atoms with Crippen LogP contribution < -0.4 is 0 Å². The minimum atomic E-state index is -0.410. The normalized spacial score (nSPS) is 17.2. The topological polar surface area (TPSA) is 75.8 Å². The number of hydrogen-bond acceptors (Lipinski definition) is 5. The number of benzene rings is 3. The van der Waals surface area contributed by atoms with Crippen LogP contribution in [0.25, 0.3) is 6.08 Å². The van der Waals surface area contributed by atoms with Crippen LogP contribution >= 0.6 is 11.8 Å². The van der Waals surface area contributed by atoms with Gasteiger partial charge < -0.3 is 0 Å². The fourth-order valence-corrected chi connectivity index (χ4v) is 4.53. The van der Waals surface area contributed by atoms with Crippen LogP contribution in [0.15, 0.2) is 88.8 Å². The Bertz CT molecular complexity index is 1220. The highest BCUT2D eigenvalue weighted by Gasteiger charge is 2.37. The first kappa shape index (κ1) is 21.5. The Morgan fingerprint density at radius 2 is 1.69 bits per heavy atom. The third-order valence-corrected chi connectivity index (χ3v) is 6.20. The van der Waals surface area contributed by atoms with Crippen molar-refractivity contribution in [2.24, 2.45) is 4.99 Å². The summed E-state index contributed by atoms with van der Waals surface area (Å²) in [7, 11) is 0. The largest absolute Gasteiger partial charge is 0.279 e. The van der Waals surface area contributed by atoms with Crippen LogP contribution in [0, 0.1) is 17.0 Å². The molecule has 0 spiro atoms. The molecule has 0 bridgehead atoms. The molecule has 1 aliphatic rings. The van der Waals surface area contributed by atoms with Crippen LogP contribution in [0.1, 0.15) is 29.7 Å². The molecule has 4 rings (SSSR count).